The third-order valence-electron chi connectivity index (χ3n) is 4.54. The minimum atomic E-state index is -0.115. The molecule has 26 heavy (non-hydrogen) atoms. The molecule has 1 heterocycles. The Morgan fingerprint density at radius 3 is 2.81 bits per heavy atom. The molecule has 138 valence electrons. The Hall–Kier alpha value is -2.08. The zero-order valence-electron chi connectivity index (χ0n) is 14.8. The molecule has 0 radical (unpaired) electrons. The highest BCUT2D eigenvalue weighted by molar-refractivity contribution is 6.30. The van der Waals surface area contributed by atoms with Crippen LogP contribution >= 0.6 is 11.6 Å². The van der Waals surface area contributed by atoms with Crippen molar-refractivity contribution in [1.29, 1.82) is 0 Å². The summed E-state index contributed by atoms with van der Waals surface area (Å²) in [4.78, 5) is 14.6. The number of hydrazine groups is 1. The lowest BCUT2D eigenvalue weighted by molar-refractivity contribution is -0.134. The first kappa shape index (κ1) is 18.7. The number of halogens is 1. The van der Waals surface area contributed by atoms with Gasteiger partial charge < -0.3 is 9.64 Å². The average molecular weight is 374 g/mol. The van der Waals surface area contributed by atoms with Crippen LogP contribution in [0.3, 0.4) is 0 Å². The van der Waals surface area contributed by atoms with E-state index in [4.69, 9.17) is 16.3 Å². The molecule has 1 fully saturated rings. The summed E-state index contributed by atoms with van der Waals surface area (Å²) in [5, 5.41) is 0.656. The average Bonchev–Trinajstić information content (AvgIpc) is 3.15. The van der Waals surface area contributed by atoms with Gasteiger partial charge in [0.2, 0.25) is 5.91 Å². The normalized spacial score (nSPS) is 19.3. The molecule has 2 aromatic rings. The summed E-state index contributed by atoms with van der Waals surface area (Å²) in [5.41, 5.74) is 7.45. The maximum atomic E-state index is 12.8. The third-order valence-corrected chi connectivity index (χ3v) is 4.77. The van der Waals surface area contributed by atoms with Gasteiger partial charge in [-0.2, -0.15) is 0 Å². The number of hydrogen-bond acceptors (Lipinski definition) is 4. The molecule has 6 heteroatoms. The van der Waals surface area contributed by atoms with Crippen molar-refractivity contribution in [2.24, 2.45) is 5.92 Å². The van der Waals surface area contributed by atoms with Crippen molar-refractivity contribution in [3.8, 4) is 5.75 Å². The Morgan fingerprint density at radius 1 is 1.23 bits per heavy atom. The molecule has 3 rings (SSSR count). The lowest BCUT2D eigenvalue weighted by atomic mass is 9.94. The molecule has 0 aromatic heterocycles. The molecule has 2 atom stereocenters. The van der Waals surface area contributed by atoms with Crippen molar-refractivity contribution in [2.45, 2.75) is 12.5 Å². The van der Waals surface area contributed by atoms with E-state index in [-0.39, 0.29) is 17.9 Å². The fraction of sp³-hybridized carbons (Fsp3) is 0.350. The van der Waals surface area contributed by atoms with Gasteiger partial charge in [-0.15, -0.1) is 0 Å². The fourth-order valence-corrected chi connectivity index (χ4v) is 3.33. The minimum Gasteiger partial charge on any atom is -0.493 e. The highest BCUT2D eigenvalue weighted by Crippen LogP contribution is 2.26. The maximum absolute atomic E-state index is 12.8. The summed E-state index contributed by atoms with van der Waals surface area (Å²) in [6.45, 7) is 1.82. The van der Waals surface area contributed by atoms with Gasteiger partial charge in [0.1, 0.15) is 5.75 Å². The zero-order chi connectivity index (χ0) is 18.4. The monoisotopic (exact) mass is 373 g/mol. The maximum Gasteiger partial charge on any atom is 0.228 e. The molecule has 2 aromatic carbocycles. The first-order valence-electron chi connectivity index (χ1n) is 8.82. The van der Waals surface area contributed by atoms with Crippen molar-refractivity contribution in [1.82, 2.24) is 15.8 Å². The third kappa shape index (κ3) is 4.75. The number of amides is 1. The second-order valence-electron chi connectivity index (χ2n) is 6.44. The van der Waals surface area contributed by atoms with Gasteiger partial charge in [0, 0.05) is 25.2 Å². The molecule has 1 aliphatic rings. The largest absolute Gasteiger partial charge is 0.493 e. The Labute approximate surface area is 159 Å². The summed E-state index contributed by atoms with van der Waals surface area (Å²) in [6.07, 6.45) is 0.762. The van der Waals surface area contributed by atoms with E-state index in [1.807, 2.05) is 55.6 Å². The summed E-state index contributed by atoms with van der Waals surface area (Å²) in [5.74, 6) is 0.773. The highest BCUT2D eigenvalue weighted by Gasteiger charge is 2.35. The second kappa shape index (κ2) is 9.03. The van der Waals surface area contributed by atoms with Crippen LogP contribution in [0.25, 0.3) is 0 Å². The molecule has 1 aliphatic heterocycles. The van der Waals surface area contributed by atoms with Crippen LogP contribution in [0.15, 0.2) is 54.6 Å². The van der Waals surface area contributed by atoms with Gasteiger partial charge >= 0.3 is 0 Å². The minimum absolute atomic E-state index is 0.00568. The lowest BCUT2D eigenvalue weighted by Gasteiger charge is -2.24. The van der Waals surface area contributed by atoms with Crippen molar-refractivity contribution < 1.29 is 9.53 Å². The number of nitrogens with zero attached hydrogens (tertiary/aromatic N) is 1. The predicted octanol–water partition coefficient (Wildman–Crippen LogP) is 3.03. The standard InChI is InChI=1S/C20H24ClN3O2/c1-24(11-6-12-26-17-10-5-9-16(21)13-17)20(25)18-14-22-23-19(18)15-7-3-2-4-8-15/h2-5,7-10,13,18-19,22-23H,6,11-12,14H2,1H3. The Balaban J connectivity index is 1.48. The van der Waals surface area contributed by atoms with E-state index >= 15 is 0 Å². The van der Waals surface area contributed by atoms with E-state index in [2.05, 4.69) is 10.9 Å². The van der Waals surface area contributed by atoms with Crippen LogP contribution in [0, 0.1) is 5.92 Å². The van der Waals surface area contributed by atoms with E-state index in [0.29, 0.717) is 24.7 Å². The lowest BCUT2D eigenvalue weighted by Crippen LogP contribution is -2.37. The number of carbonyl (C=O) groups excluding carboxylic acids is 1. The van der Waals surface area contributed by atoms with Crippen LogP contribution in [0.4, 0.5) is 0 Å². The van der Waals surface area contributed by atoms with E-state index in [1.54, 1.807) is 11.0 Å². The smallest absolute Gasteiger partial charge is 0.228 e. The van der Waals surface area contributed by atoms with Gasteiger partial charge in [0.25, 0.3) is 0 Å². The van der Waals surface area contributed by atoms with Gasteiger partial charge in [0.15, 0.2) is 0 Å². The number of nitrogens with one attached hydrogen (secondary N) is 2. The molecule has 2 N–H and O–H groups in total. The van der Waals surface area contributed by atoms with Crippen LogP contribution in [0.5, 0.6) is 5.75 Å². The molecular weight excluding hydrogens is 350 g/mol. The Bertz CT molecular complexity index is 726. The first-order chi connectivity index (χ1) is 12.6. The van der Waals surface area contributed by atoms with Gasteiger partial charge in [-0.25, -0.2) is 5.43 Å². The second-order valence-corrected chi connectivity index (χ2v) is 6.88. The fourth-order valence-electron chi connectivity index (χ4n) is 3.14. The Kier molecular flexibility index (Phi) is 6.50. The number of rotatable bonds is 7. The van der Waals surface area contributed by atoms with Crippen LogP contribution in [-0.2, 0) is 4.79 Å². The van der Waals surface area contributed by atoms with Crippen LogP contribution < -0.4 is 15.6 Å². The predicted molar refractivity (Wildman–Crippen MR) is 103 cm³/mol. The summed E-state index contributed by atoms with van der Waals surface area (Å²) < 4.78 is 5.69. The molecule has 5 nitrogen and oxygen atoms in total. The molecule has 0 bridgehead atoms. The number of benzene rings is 2. The molecule has 1 saturated heterocycles. The summed E-state index contributed by atoms with van der Waals surface area (Å²) in [6, 6.07) is 17.4. The topological polar surface area (TPSA) is 53.6 Å². The van der Waals surface area contributed by atoms with Gasteiger partial charge in [0.05, 0.1) is 18.6 Å². The Morgan fingerprint density at radius 2 is 2.04 bits per heavy atom. The van der Waals surface area contributed by atoms with E-state index in [0.717, 1.165) is 17.7 Å². The van der Waals surface area contributed by atoms with Crippen molar-refractivity contribution in [3.05, 3.63) is 65.2 Å². The molecule has 0 saturated carbocycles. The molecule has 0 aliphatic carbocycles. The van der Waals surface area contributed by atoms with Gasteiger partial charge in [-0.05, 0) is 30.2 Å². The summed E-state index contributed by atoms with van der Waals surface area (Å²) in [7, 11) is 1.85. The molecule has 0 spiro atoms. The number of carbonyl (C=O) groups is 1. The molecule has 1 amide bonds. The van der Waals surface area contributed by atoms with E-state index < -0.39 is 0 Å². The molecular formula is C20H24ClN3O2. The van der Waals surface area contributed by atoms with Gasteiger partial charge in [-0.1, -0.05) is 48.0 Å². The van der Waals surface area contributed by atoms with Crippen LogP contribution in [0.1, 0.15) is 18.0 Å². The number of ether oxygens (including phenoxy) is 1. The number of hydrogen-bond donors (Lipinski definition) is 2. The van der Waals surface area contributed by atoms with Crippen molar-refractivity contribution >= 4 is 17.5 Å². The van der Waals surface area contributed by atoms with Gasteiger partial charge in [-0.3, -0.25) is 10.2 Å². The van der Waals surface area contributed by atoms with Crippen LogP contribution in [0.2, 0.25) is 5.02 Å². The van der Waals surface area contributed by atoms with E-state index in [1.165, 1.54) is 0 Å². The first-order valence-corrected chi connectivity index (χ1v) is 9.19. The van der Waals surface area contributed by atoms with Crippen LogP contribution in [-0.4, -0.2) is 37.6 Å². The molecule has 2 unspecified atom stereocenters. The van der Waals surface area contributed by atoms with Crippen molar-refractivity contribution in [3.63, 3.8) is 0 Å². The zero-order valence-corrected chi connectivity index (χ0v) is 15.6. The SMILES string of the molecule is CN(CCCOc1cccc(Cl)c1)C(=O)C1CNNC1c1ccccc1. The van der Waals surface area contributed by atoms with E-state index in [9.17, 15) is 4.79 Å². The quantitative estimate of drug-likeness (QED) is 0.732. The highest BCUT2D eigenvalue weighted by atomic mass is 35.5. The van der Waals surface area contributed by atoms with Crippen molar-refractivity contribution in [2.75, 3.05) is 26.7 Å². The summed E-state index contributed by atoms with van der Waals surface area (Å²) >= 11 is 5.94.